The number of hydrogen-bond acceptors (Lipinski definition) is 7. The standard InChI is InChI=1S/C25H26F3N7O3S/c1-16(2)39(37,38)34-10-8-24(15-29,9-11-34)21-6-5-19(13-30-21)33-23(36)20-14-32-35(17(20)3)22-7-4-18(12-31-22)25(26,27)28/h4-7,12-14,16H,8-11H2,1-3H3,(H,33,36). The number of hydrogen-bond donors (Lipinski definition) is 1. The van der Waals surface area contributed by atoms with E-state index in [9.17, 15) is 31.6 Å². The lowest BCUT2D eigenvalue weighted by atomic mass is 9.77. The van der Waals surface area contributed by atoms with Crippen molar-refractivity contribution < 1.29 is 26.4 Å². The monoisotopic (exact) mass is 561 g/mol. The molecule has 14 heteroatoms. The quantitative estimate of drug-likeness (QED) is 0.483. The zero-order valence-electron chi connectivity index (χ0n) is 21.4. The van der Waals surface area contributed by atoms with E-state index >= 15 is 0 Å². The van der Waals surface area contributed by atoms with Gasteiger partial charge in [-0.25, -0.2) is 22.4 Å². The Balaban J connectivity index is 1.46. The molecular weight excluding hydrogens is 535 g/mol. The number of carbonyl (C=O) groups is 1. The van der Waals surface area contributed by atoms with Gasteiger partial charge in [0.15, 0.2) is 5.82 Å². The number of nitrogens with one attached hydrogen (secondary N) is 1. The Morgan fingerprint density at radius 2 is 1.79 bits per heavy atom. The number of nitriles is 1. The summed E-state index contributed by atoms with van der Waals surface area (Å²) in [4.78, 5) is 21.1. The normalized spacial score (nSPS) is 16.2. The molecule has 206 valence electrons. The summed E-state index contributed by atoms with van der Waals surface area (Å²) in [6.45, 7) is 5.25. The number of alkyl halides is 3. The van der Waals surface area contributed by atoms with Gasteiger partial charge in [0.2, 0.25) is 10.0 Å². The average Bonchev–Trinajstić information content (AvgIpc) is 3.30. The SMILES string of the molecule is Cc1c(C(=O)Nc2ccc(C3(C#N)CCN(S(=O)(=O)C(C)C)CC3)nc2)cnn1-c1ccc(C(F)(F)F)cn1. The fourth-order valence-electron chi connectivity index (χ4n) is 4.34. The average molecular weight is 562 g/mol. The molecule has 0 saturated carbocycles. The highest BCUT2D eigenvalue weighted by Gasteiger charge is 2.41. The zero-order chi connectivity index (χ0) is 28.6. The van der Waals surface area contributed by atoms with Gasteiger partial charge in [0.1, 0.15) is 5.41 Å². The molecule has 0 spiro atoms. The molecule has 0 unspecified atom stereocenters. The smallest absolute Gasteiger partial charge is 0.320 e. The molecule has 3 aromatic heterocycles. The van der Waals surface area contributed by atoms with Crippen LogP contribution in [0.4, 0.5) is 18.9 Å². The molecule has 4 rings (SSSR count). The molecule has 0 aromatic carbocycles. The number of rotatable bonds is 6. The molecule has 1 amide bonds. The highest BCUT2D eigenvalue weighted by molar-refractivity contribution is 7.89. The molecule has 1 N–H and O–H groups in total. The summed E-state index contributed by atoms with van der Waals surface area (Å²) in [5, 5.41) is 16.2. The van der Waals surface area contributed by atoms with E-state index in [2.05, 4.69) is 26.5 Å². The highest BCUT2D eigenvalue weighted by Crippen LogP contribution is 2.35. The molecule has 3 aromatic rings. The number of sulfonamides is 1. The van der Waals surface area contributed by atoms with E-state index < -0.39 is 38.3 Å². The van der Waals surface area contributed by atoms with Crippen LogP contribution in [0.5, 0.6) is 0 Å². The maximum Gasteiger partial charge on any atom is 0.417 e. The largest absolute Gasteiger partial charge is 0.417 e. The predicted octanol–water partition coefficient (Wildman–Crippen LogP) is 3.84. The molecule has 0 radical (unpaired) electrons. The first-order chi connectivity index (χ1) is 18.3. The summed E-state index contributed by atoms with van der Waals surface area (Å²) in [6.07, 6.45) is -0.520. The molecule has 39 heavy (non-hydrogen) atoms. The van der Waals surface area contributed by atoms with E-state index in [0.29, 0.717) is 36.1 Å². The lowest BCUT2D eigenvalue weighted by Crippen LogP contribution is -2.46. The van der Waals surface area contributed by atoms with Crippen LogP contribution in [-0.2, 0) is 21.6 Å². The van der Waals surface area contributed by atoms with Gasteiger partial charge in [0, 0.05) is 19.3 Å². The van der Waals surface area contributed by atoms with Crippen LogP contribution < -0.4 is 5.32 Å². The van der Waals surface area contributed by atoms with Gasteiger partial charge in [0.05, 0.1) is 51.9 Å². The van der Waals surface area contributed by atoms with E-state index in [1.807, 2.05) is 0 Å². The number of anilines is 1. The Kier molecular flexibility index (Phi) is 7.50. The molecule has 1 aliphatic rings. The van der Waals surface area contributed by atoms with Gasteiger partial charge >= 0.3 is 6.18 Å². The van der Waals surface area contributed by atoms with Gasteiger partial charge in [-0.1, -0.05) is 0 Å². The van der Waals surface area contributed by atoms with Crippen molar-refractivity contribution in [3.8, 4) is 11.9 Å². The summed E-state index contributed by atoms with van der Waals surface area (Å²) in [5.41, 5.74) is -0.436. The van der Waals surface area contributed by atoms with Crippen LogP contribution in [0.15, 0.2) is 42.9 Å². The summed E-state index contributed by atoms with van der Waals surface area (Å²) >= 11 is 0. The first-order valence-electron chi connectivity index (χ1n) is 12.0. The van der Waals surface area contributed by atoms with E-state index in [4.69, 9.17) is 0 Å². The Labute approximate surface area is 223 Å². The number of carbonyl (C=O) groups excluding carboxylic acids is 1. The van der Waals surface area contributed by atoms with Crippen molar-refractivity contribution in [2.45, 2.75) is 50.5 Å². The maximum absolute atomic E-state index is 12.9. The van der Waals surface area contributed by atoms with Crippen molar-refractivity contribution >= 4 is 21.6 Å². The van der Waals surface area contributed by atoms with Crippen molar-refractivity contribution in [3.05, 3.63) is 65.4 Å². The fourth-order valence-corrected chi connectivity index (χ4v) is 5.63. The number of halogens is 3. The second-order valence-corrected chi connectivity index (χ2v) is 12.0. The van der Waals surface area contributed by atoms with Gasteiger partial charge in [-0.3, -0.25) is 9.78 Å². The molecule has 0 atom stereocenters. The summed E-state index contributed by atoms with van der Waals surface area (Å²) < 4.78 is 66.1. The second-order valence-electron chi connectivity index (χ2n) is 9.53. The van der Waals surface area contributed by atoms with E-state index in [1.54, 1.807) is 32.9 Å². The number of piperidine rings is 1. The molecule has 0 aliphatic carbocycles. The van der Waals surface area contributed by atoms with Crippen molar-refractivity contribution in [2.24, 2.45) is 0 Å². The minimum absolute atomic E-state index is 0.125. The molecule has 10 nitrogen and oxygen atoms in total. The molecule has 1 saturated heterocycles. The Morgan fingerprint density at radius 3 is 2.31 bits per heavy atom. The first-order valence-corrected chi connectivity index (χ1v) is 13.6. The third kappa shape index (κ3) is 5.50. The van der Waals surface area contributed by atoms with Crippen LogP contribution in [0.2, 0.25) is 0 Å². The third-order valence-electron chi connectivity index (χ3n) is 6.80. The van der Waals surface area contributed by atoms with Crippen LogP contribution in [0.25, 0.3) is 5.82 Å². The summed E-state index contributed by atoms with van der Waals surface area (Å²) in [5.74, 6) is -0.387. The van der Waals surface area contributed by atoms with Gasteiger partial charge in [-0.05, 0) is 57.9 Å². The lowest BCUT2D eigenvalue weighted by Gasteiger charge is -2.37. The Morgan fingerprint density at radius 1 is 1.10 bits per heavy atom. The summed E-state index contributed by atoms with van der Waals surface area (Å²) in [7, 11) is -3.41. The Hall–Kier alpha value is -3.83. The highest BCUT2D eigenvalue weighted by atomic mass is 32.2. The third-order valence-corrected chi connectivity index (χ3v) is 9.08. The summed E-state index contributed by atoms with van der Waals surface area (Å²) in [6, 6.07) is 7.60. The van der Waals surface area contributed by atoms with Crippen LogP contribution in [0.3, 0.4) is 0 Å². The second kappa shape index (κ2) is 10.4. The number of amides is 1. The van der Waals surface area contributed by atoms with E-state index in [-0.39, 0.29) is 24.5 Å². The zero-order valence-corrected chi connectivity index (χ0v) is 22.2. The van der Waals surface area contributed by atoms with Crippen molar-refractivity contribution in [1.29, 1.82) is 5.26 Å². The molecule has 4 heterocycles. The van der Waals surface area contributed by atoms with Gasteiger partial charge in [0.25, 0.3) is 5.91 Å². The van der Waals surface area contributed by atoms with Crippen molar-refractivity contribution in [2.75, 3.05) is 18.4 Å². The molecule has 1 aliphatic heterocycles. The van der Waals surface area contributed by atoms with E-state index in [0.717, 1.165) is 6.07 Å². The van der Waals surface area contributed by atoms with Crippen LogP contribution in [0, 0.1) is 18.3 Å². The first kappa shape index (κ1) is 28.2. The number of pyridine rings is 2. The van der Waals surface area contributed by atoms with Crippen LogP contribution in [-0.4, -0.2) is 56.7 Å². The topological polar surface area (TPSA) is 134 Å². The van der Waals surface area contributed by atoms with E-state index in [1.165, 1.54) is 27.4 Å². The number of aromatic nitrogens is 4. The molecule has 1 fully saturated rings. The minimum atomic E-state index is -4.52. The van der Waals surface area contributed by atoms with Gasteiger partial charge in [-0.2, -0.15) is 23.5 Å². The van der Waals surface area contributed by atoms with Crippen LogP contribution >= 0.6 is 0 Å². The maximum atomic E-state index is 12.9. The fraction of sp³-hybridized carbons (Fsp3) is 0.400. The van der Waals surface area contributed by atoms with Crippen molar-refractivity contribution in [1.82, 2.24) is 24.1 Å². The number of nitrogens with zero attached hydrogens (tertiary/aromatic N) is 6. The van der Waals surface area contributed by atoms with Crippen molar-refractivity contribution in [3.63, 3.8) is 0 Å². The Bertz CT molecular complexity index is 1500. The van der Waals surface area contributed by atoms with Crippen LogP contribution in [0.1, 0.15) is 54.0 Å². The molecule has 0 bridgehead atoms. The lowest BCUT2D eigenvalue weighted by molar-refractivity contribution is -0.137. The van der Waals surface area contributed by atoms with Gasteiger partial charge in [-0.15, -0.1) is 0 Å². The van der Waals surface area contributed by atoms with Gasteiger partial charge < -0.3 is 5.32 Å². The minimum Gasteiger partial charge on any atom is -0.320 e. The molecular formula is C25H26F3N7O3S. The predicted molar refractivity (Wildman–Crippen MR) is 135 cm³/mol.